The molecule has 0 spiro atoms. The number of fused-ring (bicyclic) bond motifs is 1. The summed E-state index contributed by atoms with van der Waals surface area (Å²) in [4.78, 5) is 12.5. The first-order chi connectivity index (χ1) is 8.75. The molecule has 0 bridgehead atoms. The van der Waals surface area contributed by atoms with Crippen LogP contribution in [0.4, 0.5) is 0 Å². The molecule has 3 unspecified atom stereocenters. The molecule has 1 aliphatic heterocycles. The van der Waals surface area contributed by atoms with Gasteiger partial charge in [0, 0.05) is 11.6 Å². The third kappa shape index (κ3) is 2.19. The van der Waals surface area contributed by atoms with Crippen LogP contribution in [-0.4, -0.2) is 17.9 Å². The Kier molecular flexibility index (Phi) is 3.40. The fraction of sp³-hybridized carbons (Fsp3) is 0.533. The lowest BCUT2D eigenvalue weighted by atomic mass is 9.84. The monoisotopic (exact) mass is 263 g/mol. The summed E-state index contributed by atoms with van der Waals surface area (Å²) in [5, 5.41) is 4.08. The van der Waals surface area contributed by atoms with Gasteiger partial charge in [-0.3, -0.25) is 4.79 Å². The highest BCUT2D eigenvalue weighted by Crippen LogP contribution is 2.34. The number of hydrogen-bond acceptors (Lipinski definition) is 2. The van der Waals surface area contributed by atoms with Gasteiger partial charge < -0.3 is 5.32 Å². The maximum atomic E-state index is 12.5. The molecule has 0 amide bonds. The Labute approximate surface area is 113 Å². The maximum absolute atomic E-state index is 12.5. The van der Waals surface area contributed by atoms with Crippen LogP contribution in [0.1, 0.15) is 42.5 Å². The molecule has 0 aromatic heterocycles. The average Bonchev–Trinajstić information content (AvgIpc) is 2.82. The van der Waals surface area contributed by atoms with Crippen LogP contribution in [0.25, 0.3) is 0 Å². The van der Waals surface area contributed by atoms with E-state index in [0.717, 1.165) is 6.42 Å². The van der Waals surface area contributed by atoms with Crippen LogP contribution < -0.4 is 5.32 Å². The minimum Gasteiger partial charge on any atom is -0.304 e. The Bertz CT molecular complexity index is 446. The van der Waals surface area contributed by atoms with Gasteiger partial charge in [0.25, 0.3) is 0 Å². The van der Waals surface area contributed by atoms with Crippen molar-refractivity contribution in [1.29, 1.82) is 0 Å². The molecule has 0 radical (unpaired) electrons. The van der Waals surface area contributed by atoms with Crippen molar-refractivity contribution < 1.29 is 4.79 Å². The van der Waals surface area contributed by atoms with Gasteiger partial charge in [-0.2, -0.15) is 0 Å². The number of Topliss-reactive ketones (excluding diaryl/α,β-unsaturated/α-hetero) is 1. The Morgan fingerprint density at radius 3 is 2.78 bits per heavy atom. The molecule has 1 saturated carbocycles. The minimum absolute atomic E-state index is 0.0296. The van der Waals surface area contributed by atoms with Gasteiger partial charge in [0.05, 0.1) is 11.1 Å². The number of rotatable bonds is 2. The van der Waals surface area contributed by atoms with Crippen molar-refractivity contribution in [3.8, 4) is 0 Å². The molecule has 3 atom stereocenters. The normalized spacial score (nSPS) is 31.1. The number of nitrogens with one attached hydrogen (secondary N) is 1. The zero-order valence-electron chi connectivity index (χ0n) is 10.4. The average molecular weight is 264 g/mol. The van der Waals surface area contributed by atoms with Gasteiger partial charge in [0.1, 0.15) is 0 Å². The van der Waals surface area contributed by atoms with Crippen molar-refractivity contribution in [3.05, 3.63) is 34.9 Å². The van der Waals surface area contributed by atoms with E-state index in [1.807, 2.05) is 18.2 Å². The lowest BCUT2D eigenvalue weighted by Crippen LogP contribution is -2.37. The highest BCUT2D eigenvalue weighted by molar-refractivity contribution is 6.34. The van der Waals surface area contributed by atoms with Crippen molar-refractivity contribution >= 4 is 17.4 Å². The number of carbonyl (C=O) groups excluding carboxylic acids is 1. The van der Waals surface area contributed by atoms with Crippen molar-refractivity contribution in [2.45, 2.75) is 44.2 Å². The summed E-state index contributed by atoms with van der Waals surface area (Å²) in [5.41, 5.74) is 0.662. The van der Waals surface area contributed by atoms with Crippen LogP contribution in [0.2, 0.25) is 5.02 Å². The minimum atomic E-state index is -0.0296. The molecule has 1 saturated heterocycles. The summed E-state index contributed by atoms with van der Waals surface area (Å²) in [6.07, 6.45) is 6.08. The highest BCUT2D eigenvalue weighted by atomic mass is 35.5. The van der Waals surface area contributed by atoms with Crippen LogP contribution in [0.5, 0.6) is 0 Å². The molecule has 2 aliphatic rings. The molecular formula is C15H18ClNO. The van der Waals surface area contributed by atoms with Crippen molar-refractivity contribution in [2.75, 3.05) is 0 Å². The molecule has 18 heavy (non-hydrogen) atoms. The van der Waals surface area contributed by atoms with Crippen LogP contribution in [0, 0.1) is 5.92 Å². The fourth-order valence-electron chi connectivity index (χ4n) is 3.37. The van der Waals surface area contributed by atoms with E-state index in [1.165, 1.54) is 25.7 Å². The second-order valence-electron chi connectivity index (χ2n) is 5.45. The smallest absolute Gasteiger partial charge is 0.181 e. The van der Waals surface area contributed by atoms with Crippen LogP contribution in [0.15, 0.2) is 24.3 Å². The van der Waals surface area contributed by atoms with Crippen LogP contribution in [-0.2, 0) is 0 Å². The molecule has 1 heterocycles. The van der Waals surface area contributed by atoms with E-state index in [-0.39, 0.29) is 11.8 Å². The summed E-state index contributed by atoms with van der Waals surface area (Å²) >= 11 is 6.10. The highest BCUT2D eigenvalue weighted by Gasteiger charge is 2.38. The molecule has 3 rings (SSSR count). The number of carbonyl (C=O) groups is 1. The Morgan fingerprint density at radius 1 is 1.22 bits per heavy atom. The third-order valence-electron chi connectivity index (χ3n) is 4.32. The van der Waals surface area contributed by atoms with E-state index in [9.17, 15) is 4.79 Å². The molecule has 2 nitrogen and oxygen atoms in total. The molecule has 2 fully saturated rings. The number of hydrogen-bond donors (Lipinski definition) is 1. The quantitative estimate of drug-likeness (QED) is 0.828. The molecular weight excluding hydrogens is 246 g/mol. The van der Waals surface area contributed by atoms with Crippen LogP contribution in [0.3, 0.4) is 0 Å². The van der Waals surface area contributed by atoms with E-state index in [2.05, 4.69) is 5.32 Å². The number of halogens is 1. The van der Waals surface area contributed by atoms with Gasteiger partial charge in [0.15, 0.2) is 5.78 Å². The largest absolute Gasteiger partial charge is 0.304 e. The van der Waals surface area contributed by atoms with Gasteiger partial charge in [-0.05, 0) is 37.3 Å². The zero-order chi connectivity index (χ0) is 12.5. The van der Waals surface area contributed by atoms with E-state index in [4.69, 9.17) is 11.6 Å². The summed E-state index contributed by atoms with van der Waals surface area (Å²) in [6, 6.07) is 7.88. The predicted molar refractivity (Wildman–Crippen MR) is 73.1 cm³/mol. The molecule has 3 heteroatoms. The van der Waals surface area contributed by atoms with Crippen molar-refractivity contribution in [1.82, 2.24) is 5.32 Å². The Morgan fingerprint density at radius 2 is 2.00 bits per heavy atom. The standard InChI is InChI=1S/C15H18ClNO/c16-12-7-3-2-6-11(12)15(18)14-9-10-5-1-4-8-13(10)17-14/h2-3,6-7,10,13-14,17H,1,4-5,8-9H2. The SMILES string of the molecule is O=C(c1ccccc1Cl)C1CC2CCCCC2N1. The second kappa shape index (κ2) is 5.02. The third-order valence-corrected chi connectivity index (χ3v) is 4.65. The van der Waals surface area contributed by atoms with Crippen LogP contribution >= 0.6 is 11.6 Å². The van der Waals surface area contributed by atoms with Gasteiger partial charge in [-0.25, -0.2) is 0 Å². The summed E-state index contributed by atoms with van der Waals surface area (Å²) in [7, 11) is 0. The molecule has 96 valence electrons. The molecule has 1 aliphatic carbocycles. The first-order valence-electron chi connectivity index (χ1n) is 6.80. The van der Waals surface area contributed by atoms with Gasteiger partial charge in [-0.1, -0.05) is 36.6 Å². The Hall–Kier alpha value is -0.860. The van der Waals surface area contributed by atoms with E-state index in [1.54, 1.807) is 6.07 Å². The zero-order valence-corrected chi connectivity index (χ0v) is 11.1. The van der Waals surface area contributed by atoms with Crippen molar-refractivity contribution in [2.24, 2.45) is 5.92 Å². The maximum Gasteiger partial charge on any atom is 0.181 e. The molecule has 1 aromatic carbocycles. The van der Waals surface area contributed by atoms with E-state index in [0.29, 0.717) is 22.5 Å². The number of benzene rings is 1. The van der Waals surface area contributed by atoms with Gasteiger partial charge >= 0.3 is 0 Å². The number of ketones is 1. The lowest BCUT2D eigenvalue weighted by Gasteiger charge is -2.24. The molecule has 1 N–H and O–H groups in total. The summed E-state index contributed by atoms with van der Waals surface area (Å²) < 4.78 is 0. The first-order valence-corrected chi connectivity index (χ1v) is 7.18. The van der Waals surface area contributed by atoms with Gasteiger partial charge in [-0.15, -0.1) is 0 Å². The van der Waals surface area contributed by atoms with E-state index < -0.39 is 0 Å². The molecule has 1 aromatic rings. The predicted octanol–water partition coefficient (Wildman–Crippen LogP) is 3.44. The second-order valence-corrected chi connectivity index (χ2v) is 5.86. The fourth-order valence-corrected chi connectivity index (χ4v) is 3.60. The topological polar surface area (TPSA) is 29.1 Å². The van der Waals surface area contributed by atoms with Gasteiger partial charge in [0.2, 0.25) is 0 Å². The lowest BCUT2D eigenvalue weighted by molar-refractivity contribution is 0.0949. The van der Waals surface area contributed by atoms with Crippen molar-refractivity contribution in [3.63, 3.8) is 0 Å². The van der Waals surface area contributed by atoms with E-state index >= 15 is 0 Å². The first kappa shape index (κ1) is 12.2. The Balaban J connectivity index is 1.76. The summed E-state index contributed by atoms with van der Waals surface area (Å²) in [6.45, 7) is 0. The summed E-state index contributed by atoms with van der Waals surface area (Å²) in [5.74, 6) is 0.852.